The van der Waals surface area contributed by atoms with Crippen LogP contribution in [0.1, 0.15) is 26.7 Å². The van der Waals surface area contributed by atoms with Gasteiger partial charge in [0.25, 0.3) is 0 Å². The van der Waals surface area contributed by atoms with E-state index in [1.165, 1.54) is 0 Å². The first kappa shape index (κ1) is 10.2. The van der Waals surface area contributed by atoms with Crippen LogP contribution in [-0.2, 0) is 4.79 Å². The predicted molar refractivity (Wildman–Crippen MR) is 45.8 cm³/mol. The van der Waals surface area contributed by atoms with E-state index >= 15 is 0 Å². The third-order valence-electron chi connectivity index (χ3n) is 1.46. The Bertz CT molecular complexity index is 163. The van der Waals surface area contributed by atoms with Crippen LogP contribution in [0.25, 0.3) is 0 Å². The molecule has 0 rings (SSSR count). The summed E-state index contributed by atoms with van der Waals surface area (Å²) < 4.78 is 0. The Morgan fingerprint density at radius 1 is 1.64 bits per heavy atom. The zero-order valence-electron chi connectivity index (χ0n) is 7.13. The predicted octanol–water partition coefficient (Wildman–Crippen LogP) is 0.545. The molecule has 0 saturated heterocycles. The number of carbonyl (C=O) groups excluding carboxylic acids is 1. The summed E-state index contributed by atoms with van der Waals surface area (Å²) in [5, 5.41) is 0. The molecule has 3 nitrogen and oxygen atoms in total. The largest absolute Gasteiger partial charge is 0.368 e. The zero-order chi connectivity index (χ0) is 8.85. The molecule has 1 amide bonds. The van der Waals surface area contributed by atoms with Crippen molar-refractivity contribution in [2.75, 3.05) is 0 Å². The van der Waals surface area contributed by atoms with E-state index in [1.54, 1.807) is 0 Å². The first-order valence-corrected chi connectivity index (χ1v) is 3.78. The molecule has 0 fully saturated rings. The van der Waals surface area contributed by atoms with Gasteiger partial charge in [0.05, 0.1) is 6.04 Å². The van der Waals surface area contributed by atoms with Gasteiger partial charge in [0, 0.05) is 0 Å². The van der Waals surface area contributed by atoms with Gasteiger partial charge in [-0.1, -0.05) is 18.6 Å². The van der Waals surface area contributed by atoms with Crippen molar-refractivity contribution < 1.29 is 4.79 Å². The number of hydrogen-bond acceptors (Lipinski definition) is 2. The maximum atomic E-state index is 10.5. The van der Waals surface area contributed by atoms with Crippen LogP contribution in [0.3, 0.4) is 0 Å². The van der Waals surface area contributed by atoms with Gasteiger partial charge in [-0.3, -0.25) is 4.79 Å². The molecule has 4 N–H and O–H groups in total. The van der Waals surface area contributed by atoms with Crippen molar-refractivity contribution in [2.45, 2.75) is 32.7 Å². The Balaban J connectivity index is 3.84. The highest BCUT2D eigenvalue weighted by molar-refractivity contribution is 5.79. The highest BCUT2D eigenvalue weighted by Crippen LogP contribution is 2.03. The summed E-state index contributed by atoms with van der Waals surface area (Å²) in [5.41, 5.74) is 11.5. The van der Waals surface area contributed by atoms with Gasteiger partial charge in [-0.05, 0) is 19.8 Å². The Morgan fingerprint density at radius 3 is 2.55 bits per heavy atom. The van der Waals surface area contributed by atoms with Crippen molar-refractivity contribution in [3.63, 3.8) is 0 Å². The van der Waals surface area contributed by atoms with Gasteiger partial charge < -0.3 is 11.5 Å². The van der Waals surface area contributed by atoms with E-state index in [2.05, 4.69) is 0 Å². The molecule has 0 spiro atoms. The molecule has 0 bridgehead atoms. The SMILES string of the molecule is CCC=C(C)CC(N)C(N)=O. The molecule has 11 heavy (non-hydrogen) atoms. The summed E-state index contributed by atoms with van der Waals surface area (Å²) in [7, 11) is 0. The van der Waals surface area contributed by atoms with E-state index in [9.17, 15) is 4.79 Å². The lowest BCUT2D eigenvalue weighted by atomic mass is 10.1. The quantitative estimate of drug-likeness (QED) is 0.583. The number of nitrogens with two attached hydrogens (primary N) is 2. The van der Waals surface area contributed by atoms with Gasteiger partial charge in [-0.2, -0.15) is 0 Å². The minimum Gasteiger partial charge on any atom is -0.368 e. The second-order valence-corrected chi connectivity index (χ2v) is 2.67. The van der Waals surface area contributed by atoms with E-state index in [0.29, 0.717) is 6.42 Å². The number of rotatable bonds is 4. The minimum absolute atomic E-state index is 0.436. The van der Waals surface area contributed by atoms with Crippen LogP contribution in [0, 0.1) is 0 Å². The molecule has 0 aliphatic heterocycles. The van der Waals surface area contributed by atoms with Gasteiger partial charge in [0.1, 0.15) is 0 Å². The molecule has 0 heterocycles. The minimum atomic E-state index is -0.530. The number of carbonyl (C=O) groups is 1. The molecule has 0 radical (unpaired) electrons. The lowest BCUT2D eigenvalue weighted by molar-refractivity contribution is -0.119. The first-order valence-electron chi connectivity index (χ1n) is 3.78. The van der Waals surface area contributed by atoms with Crippen LogP contribution in [0.15, 0.2) is 11.6 Å². The van der Waals surface area contributed by atoms with Crippen LogP contribution in [0.2, 0.25) is 0 Å². The summed E-state index contributed by atoms with van der Waals surface area (Å²) in [6.07, 6.45) is 3.59. The van der Waals surface area contributed by atoms with Crippen molar-refractivity contribution in [2.24, 2.45) is 11.5 Å². The molecule has 64 valence electrons. The molecule has 0 aromatic rings. The fourth-order valence-electron chi connectivity index (χ4n) is 0.879. The maximum Gasteiger partial charge on any atom is 0.234 e. The Morgan fingerprint density at radius 2 is 2.18 bits per heavy atom. The van der Waals surface area contributed by atoms with Gasteiger partial charge in [0.2, 0.25) is 5.91 Å². The van der Waals surface area contributed by atoms with E-state index in [4.69, 9.17) is 11.5 Å². The summed E-state index contributed by atoms with van der Waals surface area (Å²) in [5.74, 6) is -0.436. The lowest BCUT2D eigenvalue weighted by Crippen LogP contribution is -2.36. The smallest absolute Gasteiger partial charge is 0.234 e. The van der Waals surface area contributed by atoms with E-state index in [0.717, 1.165) is 12.0 Å². The normalized spacial score (nSPS) is 14.6. The van der Waals surface area contributed by atoms with Crippen molar-refractivity contribution >= 4 is 5.91 Å². The van der Waals surface area contributed by atoms with Gasteiger partial charge in [-0.15, -0.1) is 0 Å². The average Bonchev–Trinajstić information content (AvgIpc) is 1.87. The average molecular weight is 156 g/mol. The highest BCUT2D eigenvalue weighted by atomic mass is 16.1. The van der Waals surface area contributed by atoms with Gasteiger partial charge in [-0.25, -0.2) is 0 Å². The molecule has 3 heteroatoms. The van der Waals surface area contributed by atoms with Crippen molar-refractivity contribution in [1.82, 2.24) is 0 Å². The molecule has 1 atom stereocenters. The van der Waals surface area contributed by atoms with Crippen molar-refractivity contribution in [3.05, 3.63) is 11.6 Å². The fraction of sp³-hybridized carbons (Fsp3) is 0.625. The molecular weight excluding hydrogens is 140 g/mol. The van der Waals surface area contributed by atoms with Crippen LogP contribution in [-0.4, -0.2) is 11.9 Å². The van der Waals surface area contributed by atoms with E-state index in [-0.39, 0.29) is 0 Å². The molecule has 0 aliphatic carbocycles. The Labute approximate surface area is 67.4 Å². The molecule has 0 aromatic heterocycles. The van der Waals surface area contributed by atoms with Crippen molar-refractivity contribution in [3.8, 4) is 0 Å². The van der Waals surface area contributed by atoms with Crippen LogP contribution >= 0.6 is 0 Å². The fourth-order valence-corrected chi connectivity index (χ4v) is 0.879. The Hall–Kier alpha value is -0.830. The number of primary amides is 1. The van der Waals surface area contributed by atoms with Crippen LogP contribution in [0.4, 0.5) is 0 Å². The lowest BCUT2D eigenvalue weighted by Gasteiger charge is -2.06. The molecular formula is C8H16N2O. The second-order valence-electron chi connectivity index (χ2n) is 2.67. The first-order chi connectivity index (χ1) is 5.07. The Kier molecular flexibility index (Phi) is 4.54. The molecule has 0 saturated carbocycles. The van der Waals surface area contributed by atoms with E-state index < -0.39 is 11.9 Å². The topological polar surface area (TPSA) is 69.1 Å². The summed E-state index contributed by atoms with van der Waals surface area (Å²) in [6, 6.07) is -0.530. The number of amides is 1. The monoisotopic (exact) mass is 156 g/mol. The summed E-state index contributed by atoms with van der Waals surface area (Å²) in [6.45, 7) is 3.99. The van der Waals surface area contributed by atoms with Crippen molar-refractivity contribution in [1.29, 1.82) is 0 Å². The molecule has 1 unspecified atom stereocenters. The third kappa shape index (κ3) is 4.56. The van der Waals surface area contributed by atoms with Gasteiger partial charge >= 0.3 is 0 Å². The zero-order valence-corrected chi connectivity index (χ0v) is 7.13. The standard InChI is InChI=1S/C8H16N2O/c1-3-4-6(2)5-7(9)8(10)11/h4,7H,3,5,9H2,1-2H3,(H2,10,11). The second kappa shape index (κ2) is 4.91. The summed E-state index contributed by atoms with van der Waals surface area (Å²) in [4.78, 5) is 10.5. The molecule has 0 aromatic carbocycles. The number of hydrogen-bond donors (Lipinski definition) is 2. The summed E-state index contributed by atoms with van der Waals surface area (Å²) >= 11 is 0. The van der Waals surface area contributed by atoms with E-state index in [1.807, 2.05) is 19.9 Å². The third-order valence-corrected chi connectivity index (χ3v) is 1.46. The number of allylic oxidation sites excluding steroid dienone is 1. The van der Waals surface area contributed by atoms with Gasteiger partial charge in [0.15, 0.2) is 0 Å². The van der Waals surface area contributed by atoms with Crippen LogP contribution in [0.5, 0.6) is 0 Å². The maximum absolute atomic E-state index is 10.5. The highest BCUT2D eigenvalue weighted by Gasteiger charge is 2.08. The molecule has 0 aliphatic rings. The van der Waals surface area contributed by atoms with Crippen LogP contribution < -0.4 is 11.5 Å².